The molecular formula is C15H24Cl2N4O. The van der Waals surface area contributed by atoms with Gasteiger partial charge in [0.1, 0.15) is 0 Å². The van der Waals surface area contributed by atoms with Crippen molar-refractivity contribution in [2.24, 2.45) is 11.7 Å². The number of hydrogen-bond donors (Lipinski definition) is 2. The molecular weight excluding hydrogens is 323 g/mol. The molecule has 22 heavy (non-hydrogen) atoms. The van der Waals surface area contributed by atoms with E-state index in [2.05, 4.69) is 15.2 Å². The van der Waals surface area contributed by atoms with Crippen LogP contribution in [0.15, 0.2) is 12.4 Å². The van der Waals surface area contributed by atoms with Crippen molar-refractivity contribution in [2.45, 2.75) is 26.7 Å². The van der Waals surface area contributed by atoms with Crippen LogP contribution in [0.1, 0.15) is 26.7 Å². The average molecular weight is 347 g/mol. The molecule has 2 heterocycles. The average Bonchev–Trinajstić information content (AvgIpc) is 2.55. The van der Waals surface area contributed by atoms with Gasteiger partial charge >= 0.3 is 0 Å². The minimum absolute atomic E-state index is 0.0391. The van der Waals surface area contributed by atoms with Crippen LogP contribution >= 0.6 is 23.2 Å². The Morgan fingerprint density at radius 3 is 2.36 bits per heavy atom. The lowest BCUT2D eigenvalue weighted by atomic mass is 9.95. The third-order valence-corrected chi connectivity index (χ3v) is 4.01. The van der Waals surface area contributed by atoms with Gasteiger partial charge in [0.25, 0.3) is 0 Å². The Morgan fingerprint density at radius 1 is 1.32 bits per heavy atom. The number of aromatic nitrogens is 1. The molecule has 1 amide bonds. The highest BCUT2D eigenvalue weighted by Gasteiger charge is 2.26. The minimum atomic E-state index is 0.0391. The second kappa shape index (κ2) is 9.87. The summed E-state index contributed by atoms with van der Waals surface area (Å²) in [6.45, 7) is 6.50. The van der Waals surface area contributed by atoms with Crippen molar-refractivity contribution in [1.29, 1.82) is 0 Å². The summed E-state index contributed by atoms with van der Waals surface area (Å²) >= 11 is 12.3. The zero-order chi connectivity index (χ0) is 16.5. The van der Waals surface area contributed by atoms with E-state index >= 15 is 0 Å². The highest BCUT2D eigenvalue weighted by atomic mass is 35.5. The molecule has 0 atom stereocenters. The number of nitrogens with one attached hydrogen (secondary N) is 1. The number of rotatable bonds is 4. The van der Waals surface area contributed by atoms with Crippen LogP contribution in [0.4, 0.5) is 5.69 Å². The van der Waals surface area contributed by atoms with E-state index in [9.17, 15) is 4.79 Å². The lowest BCUT2D eigenvalue weighted by Gasteiger charge is -2.33. The van der Waals surface area contributed by atoms with Crippen LogP contribution in [0.3, 0.4) is 0 Å². The molecule has 1 aliphatic heterocycles. The first kappa shape index (κ1) is 19.0. The van der Waals surface area contributed by atoms with Crippen molar-refractivity contribution in [3.8, 4) is 0 Å². The molecule has 0 spiro atoms. The molecule has 2 rings (SSSR count). The molecule has 0 aliphatic carbocycles. The number of nitrogens with two attached hydrogens (primary N) is 1. The topological polar surface area (TPSA) is 71.2 Å². The fourth-order valence-corrected chi connectivity index (χ4v) is 3.02. The maximum absolute atomic E-state index is 11.9. The third kappa shape index (κ3) is 5.00. The molecule has 5 nitrogen and oxygen atoms in total. The first-order valence-corrected chi connectivity index (χ1v) is 8.40. The molecule has 1 aromatic heterocycles. The van der Waals surface area contributed by atoms with E-state index < -0.39 is 0 Å². The van der Waals surface area contributed by atoms with Crippen molar-refractivity contribution >= 4 is 34.8 Å². The predicted octanol–water partition coefficient (Wildman–Crippen LogP) is 2.71. The van der Waals surface area contributed by atoms with E-state index in [0.29, 0.717) is 23.1 Å². The summed E-state index contributed by atoms with van der Waals surface area (Å²) in [4.78, 5) is 17.9. The van der Waals surface area contributed by atoms with Crippen LogP contribution < -0.4 is 16.0 Å². The van der Waals surface area contributed by atoms with Gasteiger partial charge in [-0.2, -0.15) is 0 Å². The van der Waals surface area contributed by atoms with Crippen LogP contribution in [-0.4, -0.2) is 37.1 Å². The molecule has 0 saturated carbocycles. The van der Waals surface area contributed by atoms with E-state index in [0.717, 1.165) is 31.6 Å². The Kier molecular flexibility index (Phi) is 8.53. The molecule has 1 aliphatic rings. The highest BCUT2D eigenvalue weighted by Crippen LogP contribution is 2.34. The number of pyridine rings is 1. The lowest BCUT2D eigenvalue weighted by molar-refractivity contribution is -0.125. The van der Waals surface area contributed by atoms with Crippen molar-refractivity contribution < 1.29 is 4.79 Å². The molecule has 124 valence electrons. The van der Waals surface area contributed by atoms with Crippen LogP contribution in [0.2, 0.25) is 10.0 Å². The summed E-state index contributed by atoms with van der Waals surface area (Å²) in [6, 6.07) is 0. The fraction of sp³-hybridized carbons (Fsp3) is 0.600. The summed E-state index contributed by atoms with van der Waals surface area (Å²) in [7, 11) is 0. The number of halogens is 2. The highest BCUT2D eigenvalue weighted by molar-refractivity contribution is 6.38. The first-order chi connectivity index (χ1) is 10.6. The monoisotopic (exact) mass is 346 g/mol. The zero-order valence-electron chi connectivity index (χ0n) is 13.1. The number of carbonyl (C=O) groups excluding carboxylic acids is 1. The standard InChI is InChI=1S/C13H18Cl2N4O.C2H6/c14-10-7-17-8-11(15)12(10)19-5-1-9(2-6-19)13(20)18-4-3-16;1-2/h7-9H,1-6,16H2,(H,18,20);1-2H3. The second-order valence-electron chi connectivity index (χ2n) is 4.79. The van der Waals surface area contributed by atoms with Gasteiger partial charge in [0.15, 0.2) is 0 Å². The van der Waals surface area contributed by atoms with Crippen molar-refractivity contribution in [3.63, 3.8) is 0 Å². The Morgan fingerprint density at radius 2 is 1.86 bits per heavy atom. The van der Waals surface area contributed by atoms with Crippen molar-refractivity contribution in [3.05, 3.63) is 22.4 Å². The summed E-state index contributed by atoms with van der Waals surface area (Å²) < 4.78 is 0. The van der Waals surface area contributed by atoms with Gasteiger partial charge in [-0.1, -0.05) is 37.0 Å². The van der Waals surface area contributed by atoms with Gasteiger partial charge in [0.2, 0.25) is 5.91 Å². The van der Waals surface area contributed by atoms with Crippen LogP contribution in [-0.2, 0) is 4.79 Å². The van der Waals surface area contributed by atoms with Crippen LogP contribution in [0.5, 0.6) is 0 Å². The molecule has 0 aromatic carbocycles. The van der Waals surface area contributed by atoms with Gasteiger partial charge in [0.05, 0.1) is 15.7 Å². The maximum Gasteiger partial charge on any atom is 0.223 e. The van der Waals surface area contributed by atoms with E-state index in [1.54, 1.807) is 12.4 Å². The van der Waals surface area contributed by atoms with Gasteiger partial charge < -0.3 is 16.0 Å². The summed E-state index contributed by atoms with van der Waals surface area (Å²) in [5.74, 6) is 0.124. The van der Waals surface area contributed by atoms with Gasteiger partial charge in [-0.25, -0.2) is 0 Å². The molecule has 0 unspecified atom stereocenters. The largest absolute Gasteiger partial charge is 0.369 e. The van der Waals surface area contributed by atoms with Gasteiger partial charge in [-0.15, -0.1) is 0 Å². The normalized spacial score (nSPS) is 15.0. The van der Waals surface area contributed by atoms with Gasteiger partial charge in [-0.3, -0.25) is 9.78 Å². The number of hydrogen-bond acceptors (Lipinski definition) is 4. The third-order valence-electron chi connectivity index (χ3n) is 3.45. The molecule has 1 fully saturated rings. The molecule has 1 saturated heterocycles. The smallest absolute Gasteiger partial charge is 0.223 e. The van der Waals surface area contributed by atoms with E-state index in [1.807, 2.05) is 13.8 Å². The minimum Gasteiger partial charge on any atom is -0.369 e. The quantitative estimate of drug-likeness (QED) is 0.879. The Hall–Kier alpha value is -1.04. The Bertz CT molecular complexity index is 456. The number of nitrogens with zero attached hydrogens (tertiary/aromatic N) is 2. The number of carbonyl (C=O) groups is 1. The molecule has 3 N–H and O–H groups in total. The summed E-state index contributed by atoms with van der Waals surface area (Å²) in [5.41, 5.74) is 6.19. The Labute approximate surface area is 142 Å². The van der Waals surface area contributed by atoms with E-state index in [-0.39, 0.29) is 11.8 Å². The molecule has 0 radical (unpaired) electrons. The van der Waals surface area contributed by atoms with Crippen molar-refractivity contribution in [1.82, 2.24) is 10.3 Å². The van der Waals surface area contributed by atoms with E-state index in [4.69, 9.17) is 28.9 Å². The molecule has 0 bridgehead atoms. The van der Waals surface area contributed by atoms with Crippen LogP contribution in [0, 0.1) is 5.92 Å². The zero-order valence-corrected chi connectivity index (χ0v) is 14.6. The van der Waals surface area contributed by atoms with Gasteiger partial charge in [-0.05, 0) is 12.8 Å². The second-order valence-corrected chi connectivity index (χ2v) is 5.61. The fourth-order valence-electron chi connectivity index (χ4n) is 2.41. The number of anilines is 1. The number of amides is 1. The maximum atomic E-state index is 11.9. The van der Waals surface area contributed by atoms with E-state index in [1.165, 1.54) is 0 Å². The summed E-state index contributed by atoms with van der Waals surface area (Å²) in [6.07, 6.45) is 4.74. The SMILES string of the molecule is CC.NCCNC(=O)C1CCN(c2c(Cl)cncc2Cl)CC1. The lowest BCUT2D eigenvalue weighted by Crippen LogP contribution is -2.41. The Balaban J connectivity index is 0.00000116. The van der Waals surface area contributed by atoms with Gasteiger partial charge in [0, 0.05) is 44.5 Å². The van der Waals surface area contributed by atoms with Crippen molar-refractivity contribution in [2.75, 3.05) is 31.1 Å². The molecule has 7 heteroatoms. The molecule has 1 aromatic rings. The summed E-state index contributed by atoms with van der Waals surface area (Å²) in [5, 5.41) is 3.92. The predicted molar refractivity (Wildman–Crippen MR) is 92.6 cm³/mol. The van der Waals surface area contributed by atoms with Crippen LogP contribution in [0.25, 0.3) is 0 Å². The first-order valence-electron chi connectivity index (χ1n) is 7.65. The number of piperidine rings is 1.